The van der Waals surface area contributed by atoms with Crippen LogP contribution in [0.2, 0.25) is 0 Å². The molecule has 0 aliphatic carbocycles. The van der Waals surface area contributed by atoms with E-state index in [2.05, 4.69) is 26.3 Å². The first-order valence-electron chi connectivity index (χ1n) is 11.6. The third kappa shape index (κ3) is 5.28. The number of carbonyl (C=O) groups excluding carboxylic acids is 1. The number of hydrogen-bond acceptors (Lipinski definition) is 8. The number of likely N-dealkylation sites (N-methyl/N-ethyl adjacent to an activating group) is 1. The summed E-state index contributed by atoms with van der Waals surface area (Å²) in [6.07, 6.45) is -0.410. The van der Waals surface area contributed by atoms with Crippen molar-refractivity contribution in [1.82, 2.24) is 19.8 Å². The highest BCUT2D eigenvalue weighted by Crippen LogP contribution is 2.36. The number of piperazine rings is 1. The molecule has 35 heavy (non-hydrogen) atoms. The second kappa shape index (κ2) is 10.2. The van der Waals surface area contributed by atoms with E-state index in [1.165, 1.54) is 7.11 Å². The largest absolute Gasteiger partial charge is 0.493 e. The molecule has 1 fully saturated rings. The summed E-state index contributed by atoms with van der Waals surface area (Å²) in [7, 11) is 3.58. The lowest BCUT2D eigenvalue weighted by atomic mass is 10.1. The van der Waals surface area contributed by atoms with E-state index in [1.54, 1.807) is 23.1 Å². The number of aryl methyl sites for hydroxylation is 1. The van der Waals surface area contributed by atoms with Crippen molar-refractivity contribution in [2.24, 2.45) is 0 Å². The molecule has 1 saturated heterocycles. The SMILES string of the molecule is COc1cc2nc(C)nc(NC(C)c3cccc(C#N)c3)c2cc1OC(=O)N1CCN(C)CC1C. The van der Waals surface area contributed by atoms with E-state index < -0.39 is 6.09 Å². The minimum atomic E-state index is -0.410. The van der Waals surface area contributed by atoms with Crippen LogP contribution in [0.3, 0.4) is 0 Å². The maximum atomic E-state index is 13.0. The van der Waals surface area contributed by atoms with Gasteiger partial charge in [0.1, 0.15) is 11.6 Å². The molecule has 0 bridgehead atoms. The van der Waals surface area contributed by atoms with Gasteiger partial charge in [-0.25, -0.2) is 14.8 Å². The van der Waals surface area contributed by atoms with Crippen molar-refractivity contribution in [1.29, 1.82) is 5.26 Å². The molecule has 9 heteroatoms. The molecule has 2 aromatic carbocycles. The molecule has 2 heterocycles. The number of nitriles is 1. The summed E-state index contributed by atoms with van der Waals surface area (Å²) >= 11 is 0. The van der Waals surface area contributed by atoms with Gasteiger partial charge in [0, 0.05) is 37.1 Å². The summed E-state index contributed by atoms with van der Waals surface area (Å²) in [5.41, 5.74) is 2.22. The van der Waals surface area contributed by atoms with Gasteiger partial charge in [0.25, 0.3) is 0 Å². The average molecular weight is 475 g/mol. The quantitative estimate of drug-likeness (QED) is 0.589. The fraction of sp³-hybridized carbons (Fsp3) is 0.385. The molecule has 2 atom stereocenters. The van der Waals surface area contributed by atoms with E-state index in [4.69, 9.17) is 9.47 Å². The predicted molar refractivity (Wildman–Crippen MR) is 134 cm³/mol. The molecule has 4 rings (SSSR count). The first kappa shape index (κ1) is 24.2. The monoisotopic (exact) mass is 474 g/mol. The third-order valence-corrected chi connectivity index (χ3v) is 6.22. The minimum absolute atomic E-state index is 0.0425. The van der Waals surface area contributed by atoms with Crippen LogP contribution in [0.25, 0.3) is 10.9 Å². The van der Waals surface area contributed by atoms with Crippen LogP contribution in [0.4, 0.5) is 10.6 Å². The van der Waals surface area contributed by atoms with E-state index in [0.717, 1.165) is 18.7 Å². The number of fused-ring (bicyclic) bond motifs is 1. The highest BCUT2D eigenvalue weighted by Gasteiger charge is 2.28. The van der Waals surface area contributed by atoms with Gasteiger partial charge in [-0.15, -0.1) is 0 Å². The average Bonchev–Trinajstić information content (AvgIpc) is 2.83. The van der Waals surface area contributed by atoms with Gasteiger partial charge in [-0.3, -0.25) is 0 Å². The molecule has 1 aromatic heterocycles. The Kier molecular flexibility index (Phi) is 7.03. The van der Waals surface area contributed by atoms with Gasteiger partial charge in [0.05, 0.1) is 30.3 Å². The van der Waals surface area contributed by atoms with Gasteiger partial charge in [-0.05, 0) is 51.6 Å². The lowest BCUT2D eigenvalue weighted by Gasteiger charge is -2.37. The molecule has 0 radical (unpaired) electrons. The lowest BCUT2D eigenvalue weighted by molar-refractivity contribution is 0.0886. The molecule has 0 saturated carbocycles. The highest BCUT2D eigenvalue weighted by atomic mass is 16.6. The number of anilines is 1. The number of rotatable bonds is 5. The van der Waals surface area contributed by atoms with Crippen molar-refractivity contribution in [2.75, 3.05) is 39.1 Å². The Bertz CT molecular complexity index is 1290. The van der Waals surface area contributed by atoms with Gasteiger partial charge in [0.15, 0.2) is 11.5 Å². The van der Waals surface area contributed by atoms with E-state index in [0.29, 0.717) is 46.2 Å². The van der Waals surface area contributed by atoms with E-state index in [9.17, 15) is 10.1 Å². The molecule has 1 aliphatic heterocycles. The number of benzene rings is 2. The zero-order valence-electron chi connectivity index (χ0n) is 20.7. The molecule has 2 unspecified atom stereocenters. The Morgan fingerprint density at radius 1 is 1.23 bits per heavy atom. The predicted octanol–water partition coefficient (Wildman–Crippen LogP) is 4.13. The number of aromatic nitrogens is 2. The zero-order valence-corrected chi connectivity index (χ0v) is 20.7. The standard InChI is InChI=1S/C26H30N6O3/c1-16-15-31(4)9-10-32(16)26(33)35-24-12-21-22(13-23(24)34-5)29-18(3)30-25(21)28-17(2)20-8-6-7-19(11-20)14-27/h6-8,11-13,16-17H,9-10,15H2,1-5H3,(H,28,29,30). The summed E-state index contributed by atoms with van der Waals surface area (Å²) in [5, 5.41) is 13.4. The molecule has 9 nitrogen and oxygen atoms in total. The highest BCUT2D eigenvalue weighted by molar-refractivity contribution is 5.92. The topological polar surface area (TPSA) is 104 Å². The van der Waals surface area contributed by atoms with Crippen molar-refractivity contribution in [3.05, 3.63) is 53.3 Å². The number of ether oxygens (including phenoxy) is 2. The van der Waals surface area contributed by atoms with E-state index >= 15 is 0 Å². The first-order valence-corrected chi connectivity index (χ1v) is 11.6. The van der Waals surface area contributed by atoms with Gasteiger partial charge in [0.2, 0.25) is 0 Å². The summed E-state index contributed by atoms with van der Waals surface area (Å²) in [6.45, 7) is 8.01. The molecule has 1 amide bonds. The fourth-order valence-electron chi connectivity index (χ4n) is 4.33. The summed E-state index contributed by atoms with van der Waals surface area (Å²) in [6, 6.07) is 13.0. The Hall–Kier alpha value is -3.90. The van der Waals surface area contributed by atoms with Gasteiger partial charge in [-0.2, -0.15) is 5.26 Å². The third-order valence-electron chi connectivity index (χ3n) is 6.22. The molecule has 0 spiro atoms. The van der Waals surface area contributed by atoms with Crippen LogP contribution in [0, 0.1) is 18.3 Å². The van der Waals surface area contributed by atoms with E-state index in [-0.39, 0.29) is 12.1 Å². The van der Waals surface area contributed by atoms with Gasteiger partial charge in [-0.1, -0.05) is 12.1 Å². The Labute approximate surface area is 205 Å². The Balaban J connectivity index is 1.67. The van der Waals surface area contributed by atoms with Crippen molar-refractivity contribution in [2.45, 2.75) is 32.9 Å². The smallest absolute Gasteiger partial charge is 0.415 e. The maximum Gasteiger partial charge on any atom is 0.415 e. The number of amides is 1. The van der Waals surface area contributed by atoms with Crippen LogP contribution < -0.4 is 14.8 Å². The maximum absolute atomic E-state index is 13.0. The summed E-state index contributed by atoms with van der Waals surface area (Å²) < 4.78 is 11.3. The van der Waals surface area contributed by atoms with Crippen LogP contribution in [-0.2, 0) is 0 Å². The Morgan fingerprint density at radius 2 is 2.03 bits per heavy atom. The van der Waals surface area contributed by atoms with Crippen molar-refractivity contribution < 1.29 is 14.3 Å². The normalized spacial score (nSPS) is 17.0. The van der Waals surface area contributed by atoms with Gasteiger partial charge >= 0.3 is 6.09 Å². The van der Waals surface area contributed by atoms with Crippen LogP contribution in [-0.4, -0.2) is 65.7 Å². The van der Waals surface area contributed by atoms with Crippen molar-refractivity contribution >= 4 is 22.8 Å². The number of nitrogens with one attached hydrogen (secondary N) is 1. The molecular formula is C26H30N6O3. The second-order valence-electron chi connectivity index (χ2n) is 8.92. The van der Waals surface area contributed by atoms with Crippen molar-refractivity contribution in [3.63, 3.8) is 0 Å². The number of carbonyl (C=O) groups is 1. The number of methoxy groups -OCH3 is 1. The Morgan fingerprint density at radius 3 is 2.74 bits per heavy atom. The minimum Gasteiger partial charge on any atom is -0.493 e. The molecule has 3 aromatic rings. The first-order chi connectivity index (χ1) is 16.8. The van der Waals surface area contributed by atoms with Crippen LogP contribution in [0.15, 0.2) is 36.4 Å². The lowest BCUT2D eigenvalue weighted by Crippen LogP contribution is -2.53. The number of hydrogen-bond donors (Lipinski definition) is 1. The summed E-state index contributed by atoms with van der Waals surface area (Å²) in [5.74, 6) is 1.93. The molecule has 1 aliphatic rings. The van der Waals surface area contributed by atoms with Crippen LogP contribution in [0.1, 0.15) is 36.8 Å². The zero-order chi connectivity index (χ0) is 25.1. The molecule has 182 valence electrons. The molecule has 1 N–H and O–H groups in total. The second-order valence-corrected chi connectivity index (χ2v) is 8.92. The van der Waals surface area contributed by atoms with Crippen LogP contribution >= 0.6 is 0 Å². The van der Waals surface area contributed by atoms with Crippen LogP contribution in [0.5, 0.6) is 11.5 Å². The molecular weight excluding hydrogens is 444 g/mol. The van der Waals surface area contributed by atoms with Gasteiger partial charge < -0.3 is 24.6 Å². The fourth-order valence-corrected chi connectivity index (χ4v) is 4.33. The van der Waals surface area contributed by atoms with E-state index in [1.807, 2.05) is 46.0 Å². The van der Waals surface area contributed by atoms with Crippen molar-refractivity contribution in [3.8, 4) is 17.6 Å². The summed E-state index contributed by atoms with van der Waals surface area (Å²) in [4.78, 5) is 26.1. The number of nitrogens with zero attached hydrogens (tertiary/aromatic N) is 5.